The number of alkyl halides is 2. The van der Waals surface area contributed by atoms with Crippen molar-refractivity contribution in [3.05, 3.63) is 11.2 Å². The molecule has 0 aliphatic carbocycles. The maximum atomic E-state index is 14.1. The first kappa shape index (κ1) is 15.2. The standard InChI is InChI=1S/C12H18ClF2N5/c1-7-5-20(6-8(2-3-16)12(7,14)15)11-18-4-9(13)10(17)19-11/h4,7-8H,2-3,5-6,16H2,1H3,(H2,17,18,19)/t7-,8+/m0/s1. The quantitative estimate of drug-likeness (QED) is 0.889. The second kappa shape index (κ2) is 5.65. The van der Waals surface area contributed by atoms with Gasteiger partial charge in [-0.25, -0.2) is 13.8 Å². The van der Waals surface area contributed by atoms with Gasteiger partial charge in [0, 0.05) is 24.9 Å². The van der Waals surface area contributed by atoms with E-state index < -0.39 is 17.8 Å². The molecule has 1 aliphatic rings. The lowest BCUT2D eigenvalue weighted by atomic mass is 9.84. The Balaban J connectivity index is 2.23. The van der Waals surface area contributed by atoms with Gasteiger partial charge in [-0.1, -0.05) is 18.5 Å². The molecule has 2 heterocycles. The van der Waals surface area contributed by atoms with Crippen LogP contribution in [0.5, 0.6) is 0 Å². The van der Waals surface area contributed by atoms with E-state index in [0.717, 1.165) is 0 Å². The molecule has 0 saturated carbocycles. The van der Waals surface area contributed by atoms with Gasteiger partial charge in [0.25, 0.3) is 5.92 Å². The number of halogens is 3. The minimum atomic E-state index is -2.73. The number of anilines is 2. The monoisotopic (exact) mass is 305 g/mol. The average Bonchev–Trinajstić information content (AvgIpc) is 2.38. The average molecular weight is 306 g/mol. The molecule has 112 valence electrons. The first-order valence-corrected chi connectivity index (χ1v) is 6.85. The molecule has 0 amide bonds. The topological polar surface area (TPSA) is 81.1 Å². The molecule has 1 aromatic heterocycles. The predicted molar refractivity (Wildman–Crippen MR) is 74.9 cm³/mol. The Labute approximate surface area is 121 Å². The molecule has 0 bridgehead atoms. The third kappa shape index (κ3) is 2.78. The number of hydrogen-bond acceptors (Lipinski definition) is 5. The summed E-state index contributed by atoms with van der Waals surface area (Å²) in [6.07, 6.45) is 1.64. The fourth-order valence-corrected chi connectivity index (χ4v) is 2.58. The van der Waals surface area contributed by atoms with Crippen LogP contribution in [0.2, 0.25) is 5.02 Å². The van der Waals surface area contributed by atoms with Gasteiger partial charge in [-0.3, -0.25) is 0 Å². The predicted octanol–water partition coefficient (Wildman–Crippen LogP) is 1.77. The molecule has 1 aliphatic heterocycles. The number of nitrogens with two attached hydrogens (primary N) is 2. The molecule has 2 rings (SSSR count). The summed E-state index contributed by atoms with van der Waals surface area (Å²) in [4.78, 5) is 9.84. The Morgan fingerprint density at radius 1 is 1.50 bits per heavy atom. The van der Waals surface area contributed by atoms with E-state index in [9.17, 15) is 8.78 Å². The van der Waals surface area contributed by atoms with Crippen LogP contribution in [0.15, 0.2) is 6.20 Å². The first-order valence-electron chi connectivity index (χ1n) is 6.47. The van der Waals surface area contributed by atoms with Crippen molar-refractivity contribution < 1.29 is 8.78 Å². The number of rotatable bonds is 3. The Bertz CT molecular complexity index is 485. The van der Waals surface area contributed by atoms with Crippen molar-refractivity contribution in [2.75, 3.05) is 30.3 Å². The first-order chi connectivity index (χ1) is 9.36. The molecule has 0 unspecified atom stereocenters. The van der Waals surface area contributed by atoms with Crippen molar-refractivity contribution in [3.8, 4) is 0 Å². The number of nitrogens with zero attached hydrogens (tertiary/aromatic N) is 3. The fraction of sp³-hybridized carbons (Fsp3) is 0.667. The van der Waals surface area contributed by atoms with E-state index in [1.54, 1.807) is 4.90 Å². The van der Waals surface area contributed by atoms with Crippen LogP contribution in [-0.2, 0) is 0 Å². The maximum absolute atomic E-state index is 14.1. The van der Waals surface area contributed by atoms with E-state index in [0.29, 0.717) is 5.95 Å². The van der Waals surface area contributed by atoms with Crippen LogP contribution < -0.4 is 16.4 Å². The zero-order chi connectivity index (χ0) is 14.9. The fourth-order valence-electron chi connectivity index (χ4n) is 2.49. The number of hydrogen-bond donors (Lipinski definition) is 2. The smallest absolute Gasteiger partial charge is 0.256 e. The van der Waals surface area contributed by atoms with Crippen LogP contribution in [0.4, 0.5) is 20.5 Å². The summed E-state index contributed by atoms with van der Waals surface area (Å²) < 4.78 is 28.2. The Morgan fingerprint density at radius 2 is 2.20 bits per heavy atom. The Kier molecular flexibility index (Phi) is 4.29. The largest absolute Gasteiger partial charge is 0.382 e. The lowest BCUT2D eigenvalue weighted by molar-refractivity contribution is -0.112. The van der Waals surface area contributed by atoms with Crippen molar-refractivity contribution in [2.24, 2.45) is 17.6 Å². The molecule has 1 fully saturated rings. The second-order valence-electron chi connectivity index (χ2n) is 5.16. The highest BCUT2D eigenvalue weighted by atomic mass is 35.5. The Morgan fingerprint density at radius 3 is 2.80 bits per heavy atom. The van der Waals surface area contributed by atoms with Crippen LogP contribution >= 0.6 is 11.6 Å². The van der Waals surface area contributed by atoms with Gasteiger partial charge in [0.2, 0.25) is 5.95 Å². The van der Waals surface area contributed by atoms with Gasteiger partial charge in [-0.2, -0.15) is 4.98 Å². The van der Waals surface area contributed by atoms with Gasteiger partial charge in [0.1, 0.15) is 10.8 Å². The summed E-state index contributed by atoms with van der Waals surface area (Å²) in [5.41, 5.74) is 11.1. The molecule has 1 saturated heterocycles. The molecule has 2 atom stereocenters. The second-order valence-corrected chi connectivity index (χ2v) is 5.57. The van der Waals surface area contributed by atoms with Crippen LogP contribution in [0.1, 0.15) is 13.3 Å². The van der Waals surface area contributed by atoms with E-state index in [-0.39, 0.29) is 36.9 Å². The van der Waals surface area contributed by atoms with E-state index in [4.69, 9.17) is 23.1 Å². The zero-order valence-corrected chi connectivity index (χ0v) is 11.9. The Hall–Kier alpha value is -1.21. The van der Waals surface area contributed by atoms with Gasteiger partial charge in [-0.15, -0.1) is 0 Å². The van der Waals surface area contributed by atoms with Gasteiger partial charge < -0.3 is 16.4 Å². The van der Waals surface area contributed by atoms with Crippen molar-refractivity contribution in [1.82, 2.24) is 9.97 Å². The van der Waals surface area contributed by atoms with Gasteiger partial charge in [0.05, 0.1) is 6.20 Å². The van der Waals surface area contributed by atoms with Gasteiger partial charge in [0.15, 0.2) is 0 Å². The molecule has 8 heteroatoms. The minimum absolute atomic E-state index is 0.150. The van der Waals surface area contributed by atoms with Gasteiger partial charge >= 0.3 is 0 Å². The lowest BCUT2D eigenvalue weighted by Crippen LogP contribution is -2.53. The SMILES string of the molecule is C[C@H]1CN(c2ncc(Cl)c(N)n2)C[C@@H](CCN)C1(F)F. The molecule has 0 radical (unpaired) electrons. The maximum Gasteiger partial charge on any atom is 0.256 e. The number of aromatic nitrogens is 2. The van der Waals surface area contributed by atoms with Crippen LogP contribution in [0.3, 0.4) is 0 Å². The van der Waals surface area contributed by atoms with E-state index in [2.05, 4.69) is 9.97 Å². The molecular formula is C12H18ClF2N5. The summed E-state index contributed by atoms with van der Waals surface area (Å²) in [5, 5.41) is 0.252. The third-order valence-corrected chi connectivity index (χ3v) is 3.98. The molecule has 5 nitrogen and oxygen atoms in total. The summed E-state index contributed by atoms with van der Waals surface area (Å²) in [5.74, 6) is -3.85. The molecular weight excluding hydrogens is 288 g/mol. The number of piperidine rings is 1. The molecule has 1 aromatic rings. The van der Waals surface area contributed by atoms with Crippen molar-refractivity contribution in [3.63, 3.8) is 0 Å². The van der Waals surface area contributed by atoms with E-state index >= 15 is 0 Å². The molecule has 20 heavy (non-hydrogen) atoms. The van der Waals surface area contributed by atoms with Crippen molar-refractivity contribution in [2.45, 2.75) is 19.3 Å². The van der Waals surface area contributed by atoms with E-state index in [1.807, 2.05) is 0 Å². The highest BCUT2D eigenvalue weighted by molar-refractivity contribution is 6.32. The lowest BCUT2D eigenvalue weighted by Gasteiger charge is -2.42. The zero-order valence-electron chi connectivity index (χ0n) is 11.2. The third-order valence-electron chi connectivity index (χ3n) is 3.69. The summed E-state index contributed by atoms with van der Waals surface area (Å²) >= 11 is 5.77. The number of nitrogen functional groups attached to an aromatic ring is 1. The highest BCUT2D eigenvalue weighted by Gasteiger charge is 2.49. The van der Waals surface area contributed by atoms with Gasteiger partial charge in [-0.05, 0) is 13.0 Å². The van der Waals surface area contributed by atoms with E-state index in [1.165, 1.54) is 13.1 Å². The normalized spacial score (nSPS) is 25.8. The molecule has 4 N–H and O–H groups in total. The van der Waals surface area contributed by atoms with Crippen LogP contribution in [0, 0.1) is 11.8 Å². The van der Waals surface area contributed by atoms with Crippen molar-refractivity contribution >= 4 is 23.4 Å². The summed E-state index contributed by atoms with van der Waals surface area (Å²) in [6, 6.07) is 0. The van der Waals surface area contributed by atoms with Crippen molar-refractivity contribution in [1.29, 1.82) is 0 Å². The van der Waals surface area contributed by atoms with Crippen LogP contribution in [-0.4, -0.2) is 35.5 Å². The molecule has 0 aromatic carbocycles. The summed E-state index contributed by atoms with van der Waals surface area (Å²) in [6.45, 7) is 2.09. The molecule has 0 spiro atoms. The highest BCUT2D eigenvalue weighted by Crippen LogP contribution is 2.40. The van der Waals surface area contributed by atoms with Crippen LogP contribution in [0.25, 0.3) is 0 Å². The minimum Gasteiger partial charge on any atom is -0.382 e. The summed E-state index contributed by atoms with van der Waals surface area (Å²) in [7, 11) is 0.